The number of fused-ring (bicyclic) bond motifs is 8. The fraction of sp³-hybridized carbons (Fsp3) is 0. The monoisotopic (exact) mass is 681 g/mol. The summed E-state index contributed by atoms with van der Waals surface area (Å²) in [6, 6.07) is 59.5. The molecule has 6 heteroatoms. The fourth-order valence-corrected chi connectivity index (χ4v) is 15.6. The Labute approximate surface area is 300 Å². The highest BCUT2D eigenvalue weighted by molar-refractivity contribution is 7.24. The molecule has 0 aliphatic carbocycles. The summed E-state index contributed by atoms with van der Waals surface area (Å²) in [6.07, 6.45) is 0. The molecular weight excluding hydrogens is 655 g/mol. The van der Waals surface area contributed by atoms with Crippen molar-refractivity contribution in [3.63, 3.8) is 0 Å². The van der Waals surface area contributed by atoms with Gasteiger partial charge in [0, 0.05) is 43.7 Å². The van der Waals surface area contributed by atoms with Gasteiger partial charge in [0.05, 0.1) is 28.4 Å². The summed E-state index contributed by atoms with van der Waals surface area (Å²) in [5, 5.41) is 7.88. The van der Waals surface area contributed by atoms with E-state index >= 15 is 0 Å². The van der Waals surface area contributed by atoms with Crippen molar-refractivity contribution in [1.29, 1.82) is 0 Å². The molecule has 0 N–H and O–H groups in total. The third-order valence-corrected chi connectivity index (χ3v) is 16.6. The average Bonchev–Trinajstić information content (AvgIpc) is 3.21. The normalized spacial score (nSPS) is 17.1. The van der Waals surface area contributed by atoms with Crippen LogP contribution in [0.4, 0.5) is 51.2 Å². The standard InChI is InChI=1S/C46H27N3O2Si/c1-3-14-29(15-4-1)47-34-23-25-39-42-44(34)52(30-16-5-2-6-17-30)45-35(48(42)32-19-9-11-21-37(32)50-39)24-26-40-43(45)49(33-20-10-12-22-38(33)51-40)36-27-28-13-7-8-18-31(28)41(47)46(36)52/h1-27H. The maximum atomic E-state index is 6.91. The number of ether oxygens (including phenoxy) is 2. The van der Waals surface area contributed by atoms with Crippen LogP contribution in [0.5, 0.6) is 23.0 Å². The van der Waals surface area contributed by atoms with E-state index in [0.717, 1.165) is 51.4 Å². The Morgan fingerprint density at radius 2 is 0.885 bits per heavy atom. The molecule has 5 aliphatic heterocycles. The molecule has 0 spiro atoms. The van der Waals surface area contributed by atoms with Gasteiger partial charge < -0.3 is 24.2 Å². The van der Waals surface area contributed by atoms with Crippen LogP contribution in [0.2, 0.25) is 0 Å². The van der Waals surface area contributed by atoms with Crippen LogP contribution in [0.3, 0.4) is 0 Å². The van der Waals surface area contributed by atoms with Crippen molar-refractivity contribution in [1.82, 2.24) is 0 Å². The van der Waals surface area contributed by atoms with Crippen LogP contribution in [0.15, 0.2) is 164 Å². The van der Waals surface area contributed by atoms with Crippen molar-refractivity contribution in [3.8, 4) is 23.0 Å². The Morgan fingerprint density at radius 3 is 1.56 bits per heavy atom. The zero-order valence-electron chi connectivity index (χ0n) is 27.7. The van der Waals surface area contributed by atoms with Gasteiger partial charge in [-0.2, -0.15) is 0 Å². The second kappa shape index (κ2) is 9.31. The van der Waals surface area contributed by atoms with Crippen LogP contribution in [0.25, 0.3) is 10.8 Å². The molecule has 242 valence electrons. The van der Waals surface area contributed by atoms with Crippen LogP contribution < -0.4 is 44.9 Å². The predicted molar refractivity (Wildman–Crippen MR) is 212 cm³/mol. The minimum atomic E-state index is -3.16. The van der Waals surface area contributed by atoms with Gasteiger partial charge >= 0.3 is 0 Å². The van der Waals surface area contributed by atoms with Crippen molar-refractivity contribution in [2.75, 3.05) is 14.7 Å². The van der Waals surface area contributed by atoms with Crippen molar-refractivity contribution in [3.05, 3.63) is 164 Å². The first-order chi connectivity index (χ1) is 25.8. The highest BCUT2D eigenvalue weighted by Gasteiger charge is 2.62. The minimum Gasteiger partial charge on any atom is -0.453 e. The quantitative estimate of drug-likeness (QED) is 0.170. The van der Waals surface area contributed by atoms with E-state index in [2.05, 4.69) is 178 Å². The zero-order valence-corrected chi connectivity index (χ0v) is 28.7. The van der Waals surface area contributed by atoms with E-state index < -0.39 is 8.07 Å². The lowest BCUT2D eigenvalue weighted by molar-refractivity contribution is 0.476. The highest BCUT2D eigenvalue weighted by Crippen LogP contribution is 2.61. The van der Waals surface area contributed by atoms with Gasteiger partial charge in [-0.1, -0.05) is 97.1 Å². The Morgan fingerprint density at radius 1 is 0.365 bits per heavy atom. The summed E-state index contributed by atoms with van der Waals surface area (Å²) in [5.74, 6) is 3.48. The molecule has 5 aliphatic rings. The molecule has 1 unspecified atom stereocenters. The lowest BCUT2D eigenvalue weighted by Gasteiger charge is -2.57. The third kappa shape index (κ3) is 3.00. The molecule has 0 saturated carbocycles. The van der Waals surface area contributed by atoms with Crippen molar-refractivity contribution >= 4 is 90.8 Å². The molecule has 8 aromatic carbocycles. The molecule has 8 aromatic rings. The maximum absolute atomic E-state index is 6.91. The number of anilines is 9. The van der Waals surface area contributed by atoms with Crippen LogP contribution in [-0.4, -0.2) is 8.07 Å². The maximum Gasteiger partial charge on any atom is 0.194 e. The summed E-state index contributed by atoms with van der Waals surface area (Å²) in [4.78, 5) is 7.54. The summed E-state index contributed by atoms with van der Waals surface area (Å²) in [7, 11) is -3.16. The molecule has 0 radical (unpaired) electrons. The van der Waals surface area contributed by atoms with Gasteiger partial charge in [0.15, 0.2) is 31.1 Å². The summed E-state index contributed by atoms with van der Waals surface area (Å²) in [6.45, 7) is 0. The van der Waals surface area contributed by atoms with E-state index in [4.69, 9.17) is 9.47 Å². The van der Waals surface area contributed by atoms with Crippen LogP contribution in [0.1, 0.15) is 0 Å². The van der Waals surface area contributed by atoms with E-state index in [0.29, 0.717) is 0 Å². The van der Waals surface area contributed by atoms with Crippen molar-refractivity contribution in [2.45, 2.75) is 0 Å². The molecule has 52 heavy (non-hydrogen) atoms. The van der Waals surface area contributed by atoms with Gasteiger partial charge in [0.25, 0.3) is 0 Å². The number of rotatable bonds is 2. The first-order valence-electron chi connectivity index (χ1n) is 17.8. The smallest absolute Gasteiger partial charge is 0.194 e. The van der Waals surface area contributed by atoms with Crippen molar-refractivity contribution < 1.29 is 9.47 Å². The van der Waals surface area contributed by atoms with E-state index in [-0.39, 0.29) is 0 Å². The first kappa shape index (κ1) is 27.0. The minimum absolute atomic E-state index is 0.853. The summed E-state index contributed by atoms with van der Waals surface area (Å²) >= 11 is 0. The molecule has 5 nitrogen and oxygen atoms in total. The van der Waals surface area contributed by atoms with Gasteiger partial charge in [-0.25, -0.2) is 0 Å². The molecule has 0 aromatic heterocycles. The molecule has 0 bridgehead atoms. The molecule has 0 amide bonds. The number of nitrogens with zero attached hydrogens (tertiary/aromatic N) is 3. The van der Waals surface area contributed by atoms with E-state index in [1.54, 1.807) is 0 Å². The Bertz CT molecular complexity index is 2890. The molecule has 1 atom stereocenters. The SMILES string of the molecule is c1ccc(N2c3ccc4c5c3[Si]3(c6ccccc6)c6c(ccc7c6N(c6ccccc6O7)c6cc7ccccc7c2c63)N5c2ccccc2O4)cc1. The van der Waals surface area contributed by atoms with Crippen LogP contribution in [-0.2, 0) is 0 Å². The van der Waals surface area contributed by atoms with E-state index in [1.165, 1.54) is 54.3 Å². The lowest BCUT2D eigenvalue weighted by atomic mass is 10.00. The van der Waals surface area contributed by atoms with Gasteiger partial charge in [-0.15, -0.1) is 0 Å². The topological polar surface area (TPSA) is 28.2 Å². The van der Waals surface area contributed by atoms with Gasteiger partial charge in [0.2, 0.25) is 0 Å². The van der Waals surface area contributed by atoms with E-state index in [9.17, 15) is 0 Å². The van der Waals surface area contributed by atoms with E-state index in [1.807, 2.05) is 0 Å². The Kier molecular flexibility index (Phi) is 4.84. The van der Waals surface area contributed by atoms with Gasteiger partial charge in [-0.3, -0.25) is 0 Å². The van der Waals surface area contributed by atoms with Crippen LogP contribution >= 0.6 is 0 Å². The molecular formula is C46H27N3O2Si. The third-order valence-electron chi connectivity index (χ3n) is 11.6. The second-order valence-corrected chi connectivity index (χ2v) is 17.6. The number of hydrogen-bond acceptors (Lipinski definition) is 5. The van der Waals surface area contributed by atoms with Gasteiger partial charge in [0.1, 0.15) is 0 Å². The molecule has 13 rings (SSSR count). The molecule has 0 saturated heterocycles. The highest BCUT2D eigenvalue weighted by atomic mass is 28.3. The first-order valence-corrected chi connectivity index (χ1v) is 19.8. The number of hydrogen-bond donors (Lipinski definition) is 0. The molecule has 0 fully saturated rings. The average molecular weight is 682 g/mol. The van der Waals surface area contributed by atoms with Crippen LogP contribution in [0, 0.1) is 0 Å². The Balaban J connectivity index is 1.33. The van der Waals surface area contributed by atoms with Gasteiger partial charge in [-0.05, 0) is 77.3 Å². The second-order valence-electron chi connectivity index (χ2n) is 14.1. The Hall–Kier alpha value is -6.76. The largest absolute Gasteiger partial charge is 0.453 e. The zero-order chi connectivity index (χ0) is 33.7. The number of para-hydroxylation sites is 5. The van der Waals surface area contributed by atoms with Crippen molar-refractivity contribution in [2.24, 2.45) is 0 Å². The summed E-state index contributed by atoms with van der Waals surface area (Å²) in [5.41, 5.74) is 10.3. The fourth-order valence-electron chi connectivity index (χ4n) is 9.83. The predicted octanol–water partition coefficient (Wildman–Crippen LogP) is 9.78. The number of benzene rings is 8. The summed E-state index contributed by atoms with van der Waals surface area (Å²) < 4.78 is 13.8. The lowest BCUT2D eigenvalue weighted by Crippen LogP contribution is -2.81. The molecule has 5 heterocycles.